The van der Waals surface area contributed by atoms with E-state index in [2.05, 4.69) is 15.5 Å². The van der Waals surface area contributed by atoms with Gasteiger partial charge >= 0.3 is 0 Å². The Kier molecular flexibility index (Phi) is 3.20. The summed E-state index contributed by atoms with van der Waals surface area (Å²) < 4.78 is 15.3. The summed E-state index contributed by atoms with van der Waals surface area (Å²) in [5, 5.41) is 16.6. The van der Waals surface area contributed by atoms with Gasteiger partial charge in [0.25, 0.3) is 0 Å². The van der Waals surface area contributed by atoms with Gasteiger partial charge in [-0.1, -0.05) is 5.16 Å². The molecule has 1 aliphatic heterocycles. The summed E-state index contributed by atoms with van der Waals surface area (Å²) in [5.41, 5.74) is 0.759. The quantitative estimate of drug-likeness (QED) is 0.772. The molecule has 7 nitrogen and oxygen atoms in total. The zero-order valence-electron chi connectivity index (χ0n) is 10.1. The van der Waals surface area contributed by atoms with Crippen LogP contribution in [0.15, 0.2) is 23.0 Å². The van der Waals surface area contributed by atoms with Crippen molar-refractivity contribution in [1.82, 2.24) is 15.5 Å². The van der Waals surface area contributed by atoms with Crippen LogP contribution in [-0.2, 0) is 13.0 Å². The van der Waals surface area contributed by atoms with Crippen LogP contribution in [0.25, 0.3) is 0 Å². The summed E-state index contributed by atoms with van der Waals surface area (Å²) in [6, 6.07) is 3.34. The minimum Gasteiger partial charge on any atom is -0.507 e. The second-order valence-corrected chi connectivity index (χ2v) is 4.10. The van der Waals surface area contributed by atoms with Crippen LogP contribution in [0, 0.1) is 0 Å². The van der Waals surface area contributed by atoms with Crippen molar-refractivity contribution in [2.75, 3.05) is 13.3 Å². The first kappa shape index (κ1) is 11.8. The third kappa shape index (κ3) is 2.60. The third-order valence-corrected chi connectivity index (χ3v) is 2.81. The molecule has 0 spiro atoms. The van der Waals surface area contributed by atoms with Crippen molar-refractivity contribution in [2.24, 2.45) is 0 Å². The second-order valence-electron chi connectivity index (χ2n) is 4.10. The van der Waals surface area contributed by atoms with Crippen molar-refractivity contribution < 1.29 is 19.1 Å². The van der Waals surface area contributed by atoms with E-state index < -0.39 is 0 Å². The third-order valence-electron chi connectivity index (χ3n) is 2.81. The van der Waals surface area contributed by atoms with Crippen LogP contribution in [0.2, 0.25) is 0 Å². The number of hydrogen-bond acceptors (Lipinski definition) is 7. The Hall–Kier alpha value is -2.28. The maximum absolute atomic E-state index is 9.84. The van der Waals surface area contributed by atoms with Gasteiger partial charge in [0, 0.05) is 31.1 Å². The van der Waals surface area contributed by atoms with E-state index in [0.717, 1.165) is 5.56 Å². The zero-order chi connectivity index (χ0) is 13.1. The van der Waals surface area contributed by atoms with Gasteiger partial charge in [0.05, 0.1) is 0 Å². The van der Waals surface area contributed by atoms with Crippen molar-refractivity contribution in [3.05, 3.63) is 29.9 Å². The number of benzene rings is 1. The number of hydrogen-bond donors (Lipinski definition) is 2. The molecule has 0 saturated heterocycles. The number of aromatic nitrogens is 2. The lowest BCUT2D eigenvalue weighted by molar-refractivity contribution is 0.174. The van der Waals surface area contributed by atoms with E-state index >= 15 is 0 Å². The molecule has 2 N–H and O–H groups in total. The van der Waals surface area contributed by atoms with Gasteiger partial charge in [0.15, 0.2) is 17.8 Å². The van der Waals surface area contributed by atoms with Gasteiger partial charge in [-0.3, -0.25) is 0 Å². The summed E-state index contributed by atoms with van der Waals surface area (Å²) in [6.07, 6.45) is 2.02. The van der Waals surface area contributed by atoms with E-state index in [1.165, 1.54) is 6.33 Å². The molecule has 2 aromatic rings. The summed E-state index contributed by atoms with van der Waals surface area (Å²) in [5.74, 6) is 2.01. The number of phenolic OH excluding ortho intramolecular Hbond substituents is 1. The molecule has 0 aliphatic carbocycles. The number of aromatic hydroxyl groups is 1. The molecule has 1 aromatic carbocycles. The number of ether oxygens (including phenoxy) is 2. The predicted molar refractivity (Wildman–Crippen MR) is 63.9 cm³/mol. The number of phenols is 1. The smallest absolute Gasteiger partial charge is 0.231 e. The van der Waals surface area contributed by atoms with Crippen LogP contribution in [-0.4, -0.2) is 28.6 Å². The number of fused-ring (bicyclic) bond motifs is 1. The highest BCUT2D eigenvalue weighted by Gasteiger charge is 2.16. The van der Waals surface area contributed by atoms with Crippen molar-refractivity contribution in [3.8, 4) is 17.2 Å². The van der Waals surface area contributed by atoms with Gasteiger partial charge in [-0.2, -0.15) is 4.98 Å². The molecule has 100 valence electrons. The number of rotatable bonds is 5. The highest BCUT2D eigenvalue weighted by molar-refractivity contribution is 5.51. The van der Waals surface area contributed by atoms with Gasteiger partial charge in [-0.25, -0.2) is 0 Å². The molecule has 1 aliphatic rings. The Bertz CT molecular complexity index is 556. The molecule has 0 fully saturated rings. The van der Waals surface area contributed by atoms with E-state index in [1.807, 2.05) is 0 Å². The van der Waals surface area contributed by atoms with Crippen LogP contribution in [0.1, 0.15) is 11.5 Å². The lowest BCUT2D eigenvalue weighted by Gasteiger charge is -2.07. The van der Waals surface area contributed by atoms with Crippen LogP contribution in [0.4, 0.5) is 0 Å². The normalized spacial score (nSPS) is 12.8. The molecule has 0 radical (unpaired) electrons. The standard InChI is InChI=1S/C12H13N3O4/c16-9-4-11-10(17-7-18-11)3-8(9)5-13-2-1-12-14-6-15-19-12/h3-4,6,13,16H,1-2,5,7H2. The Labute approximate surface area is 109 Å². The summed E-state index contributed by atoms with van der Waals surface area (Å²) in [4.78, 5) is 3.92. The first-order valence-electron chi connectivity index (χ1n) is 5.90. The van der Waals surface area contributed by atoms with Gasteiger partial charge in [-0.15, -0.1) is 0 Å². The molecule has 7 heteroatoms. The Morgan fingerprint density at radius 2 is 2.11 bits per heavy atom. The topological polar surface area (TPSA) is 89.6 Å². The van der Waals surface area contributed by atoms with E-state index in [-0.39, 0.29) is 12.5 Å². The van der Waals surface area contributed by atoms with Crippen LogP contribution >= 0.6 is 0 Å². The highest BCUT2D eigenvalue weighted by Crippen LogP contribution is 2.37. The van der Waals surface area contributed by atoms with Crippen molar-refractivity contribution in [1.29, 1.82) is 0 Å². The van der Waals surface area contributed by atoms with Gasteiger partial charge in [0.1, 0.15) is 5.75 Å². The van der Waals surface area contributed by atoms with Gasteiger partial charge < -0.3 is 24.4 Å². The summed E-state index contributed by atoms with van der Waals surface area (Å²) >= 11 is 0. The molecule has 2 heterocycles. The minimum atomic E-state index is 0.189. The molecular formula is C12H13N3O4. The van der Waals surface area contributed by atoms with Crippen molar-refractivity contribution in [3.63, 3.8) is 0 Å². The summed E-state index contributed by atoms with van der Waals surface area (Å²) in [6.45, 7) is 1.40. The average molecular weight is 263 g/mol. The molecule has 0 amide bonds. The number of nitrogens with zero attached hydrogens (tertiary/aromatic N) is 2. The second kappa shape index (κ2) is 5.15. The van der Waals surface area contributed by atoms with E-state index in [9.17, 15) is 5.11 Å². The van der Waals surface area contributed by atoms with Crippen LogP contribution < -0.4 is 14.8 Å². The SMILES string of the molecule is Oc1cc2c(cc1CNCCc1ncno1)OCO2. The fraction of sp³-hybridized carbons (Fsp3) is 0.333. The molecule has 19 heavy (non-hydrogen) atoms. The van der Waals surface area contributed by atoms with Crippen LogP contribution in [0.3, 0.4) is 0 Å². The predicted octanol–water partition coefficient (Wildman–Crippen LogP) is 0.836. The lowest BCUT2D eigenvalue weighted by Crippen LogP contribution is -2.16. The Balaban J connectivity index is 1.55. The molecule has 0 bridgehead atoms. The van der Waals surface area contributed by atoms with Crippen molar-refractivity contribution in [2.45, 2.75) is 13.0 Å². The summed E-state index contributed by atoms with van der Waals surface area (Å²) in [7, 11) is 0. The van der Waals surface area contributed by atoms with Gasteiger partial charge in [0.2, 0.25) is 12.7 Å². The maximum Gasteiger partial charge on any atom is 0.231 e. The molecule has 0 unspecified atom stereocenters. The molecule has 3 rings (SSSR count). The maximum atomic E-state index is 9.84. The fourth-order valence-electron chi connectivity index (χ4n) is 1.84. The molecule has 0 saturated carbocycles. The Morgan fingerprint density at radius 1 is 1.26 bits per heavy atom. The minimum absolute atomic E-state index is 0.189. The molecule has 1 aromatic heterocycles. The van der Waals surface area contributed by atoms with Gasteiger partial charge in [-0.05, 0) is 6.07 Å². The molecular weight excluding hydrogens is 250 g/mol. The van der Waals surface area contributed by atoms with E-state index in [0.29, 0.717) is 36.9 Å². The highest BCUT2D eigenvalue weighted by atomic mass is 16.7. The monoisotopic (exact) mass is 263 g/mol. The van der Waals surface area contributed by atoms with Crippen LogP contribution in [0.5, 0.6) is 17.2 Å². The van der Waals surface area contributed by atoms with E-state index in [1.54, 1.807) is 12.1 Å². The fourth-order valence-corrected chi connectivity index (χ4v) is 1.84. The zero-order valence-corrected chi connectivity index (χ0v) is 10.1. The first-order chi connectivity index (χ1) is 9.33. The van der Waals surface area contributed by atoms with E-state index in [4.69, 9.17) is 14.0 Å². The lowest BCUT2D eigenvalue weighted by atomic mass is 10.1. The first-order valence-corrected chi connectivity index (χ1v) is 5.90. The Morgan fingerprint density at radius 3 is 2.89 bits per heavy atom. The largest absolute Gasteiger partial charge is 0.507 e. The van der Waals surface area contributed by atoms with Crippen molar-refractivity contribution >= 4 is 0 Å². The number of nitrogens with one attached hydrogen (secondary N) is 1. The average Bonchev–Trinajstić information content (AvgIpc) is 3.05. The molecule has 0 atom stereocenters.